The van der Waals surface area contributed by atoms with Crippen LogP contribution in [0.3, 0.4) is 0 Å². The summed E-state index contributed by atoms with van der Waals surface area (Å²) >= 11 is 0. The van der Waals surface area contributed by atoms with E-state index < -0.39 is 0 Å². The van der Waals surface area contributed by atoms with Crippen LogP contribution in [0.1, 0.15) is 34.8 Å². The van der Waals surface area contributed by atoms with Crippen LogP contribution in [0.2, 0.25) is 0 Å². The van der Waals surface area contributed by atoms with Crippen LogP contribution in [0.4, 0.5) is 5.69 Å². The molecular weight excluding hydrogens is 234 g/mol. The Labute approximate surface area is 113 Å². The molecule has 0 bridgehead atoms. The molecule has 0 aliphatic rings. The zero-order valence-corrected chi connectivity index (χ0v) is 11.0. The van der Waals surface area contributed by atoms with Gasteiger partial charge in [-0.15, -0.1) is 0 Å². The smallest absolute Gasteiger partial charge is 0.164 e. The first kappa shape index (κ1) is 13.1. The number of nitrogens with two attached hydrogens (primary N) is 1. The number of ketones is 1. The lowest BCUT2D eigenvalue weighted by Crippen LogP contribution is -2.02. The van der Waals surface area contributed by atoms with Crippen LogP contribution in [-0.4, -0.2) is 5.78 Å². The number of carbonyl (C=O) groups is 1. The molecule has 2 nitrogen and oxygen atoms in total. The van der Waals surface area contributed by atoms with Crippen LogP contribution >= 0.6 is 0 Å². The summed E-state index contributed by atoms with van der Waals surface area (Å²) in [6.45, 7) is 1.84. The van der Waals surface area contributed by atoms with Crippen molar-refractivity contribution in [3.05, 3.63) is 65.2 Å². The van der Waals surface area contributed by atoms with Gasteiger partial charge in [0.1, 0.15) is 0 Å². The number of anilines is 1. The molecule has 0 atom stereocenters. The number of Topliss-reactive ketones (excluding diaryl/α,β-unsaturated/α-hetero) is 1. The van der Waals surface area contributed by atoms with Gasteiger partial charge in [-0.25, -0.2) is 0 Å². The van der Waals surface area contributed by atoms with Crippen molar-refractivity contribution in [2.45, 2.75) is 13.3 Å². The van der Waals surface area contributed by atoms with Crippen molar-refractivity contribution in [1.29, 1.82) is 0 Å². The average Bonchev–Trinajstić information content (AvgIpc) is 2.46. The third-order valence-electron chi connectivity index (χ3n) is 2.97. The summed E-state index contributed by atoms with van der Waals surface area (Å²) in [6.07, 6.45) is 4.48. The Balaban J connectivity index is 2.27. The summed E-state index contributed by atoms with van der Waals surface area (Å²) < 4.78 is 0. The molecule has 0 aliphatic carbocycles. The fraction of sp³-hybridized carbons (Fsp3) is 0.118. The first-order chi connectivity index (χ1) is 9.20. The second kappa shape index (κ2) is 6.01. The minimum atomic E-state index is 0.0764. The molecule has 0 aromatic heterocycles. The molecule has 2 aromatic rings. The van der Waals surface area contributed by atoms with E-state index in [2.05, 4.69) is 0 Å². The van der Waals surface area contributed by atoms with Gasteiger partial charge in [0.15, 0.2) is 5.78 Å². The van der Waals surface area contributed by atoms with Gasteiger partial charge in [-0.2, -0.15) is 0 Å². The molecule has 0 aliphatic heterocycles. The van der Waals surface area contributed by atoms with Gasteiger partial charge in [-0.05, 0) is 23.3 Å². The largest absolute Gasteiger partial charge is 0.398 e. The zero-order valence-electron chi connectivity index (χ0n) is 11.0. The van der Waals surface area contributed by atoms with Crippen molar-refractivity contribution >= 4 is 23.6 Å². The molecule has 0 saturated heterocycles. The first-order valence-electron chi connectivity index (χ1n) is 6.36. The Morgan fingerprint density at radius 2 is 1.74 bits per heavy atom. The Kier molecular flexibility index (Phi) is 4.14. The van der Waals surface area contributed by atoms with Crippen molar-refractivity contribution in [3.8, 4) is 0 Å². The predicted molar refractivity (Wildman–Crippen MR) is 80.8 cm³/mol. The monoisotopic (exact) mass is 251 g/mol. The maximum atomic E-state index is 11.8. The topological polar surface area (TPSA) is 43.1 Å². The molecule has 2 rings (SSSR count). The van der Waals surface area contributed by atoms with E-state index >= 15 is 0 Å². The molecule has 0 heterocycles. The number of benzene rings is 2. The third kappa shape index (κ3) is 3.32. The number of hydrogen-bond donors (Lipinski definition) is 1. The molecule has 0 spiro atoms. The van der Waals surface area contributed by atoms with E-state index in [1.165, 1.54) is 0 Å². The molecule has 2 N–H and O–H groups in total. The van der Waals surface area contributed by atoms with Crippen molar-refractivity contribution in [2.75, 3.05) is 5.73 Å². The minimum absolute atomic E-state index is 0.0764. The summed E-state index contributed by atoms with van der Waals surface area (Å²) in [5, 5.41) is 0. The fourth-order valence-electron chi connectivity index (χ4n) is 1.87. The standard InChI is InChI=1S/C17H17NO/c1-2-17(19)15-12-14(10-11-16(15)18)9-8-13-6-4-3-5-7-13/h3-12H,2,18H2,1H3. The lowest BCUT2D eigenvalue weighted by molar-refractivity contribution is 0.0989. The minimum Gasteiger partial charge on any atom is -0.398 e. The van der Waals surface area contributed by atoms with Crippen LogP contribution < -0.4 is 5.73 Å². The molecule has 0 saturated carbocycles. The van der Waals surface area contributed by atoms with Crippen molar-refractivity contribution in [3.63, 3.8) is 0 Å². The van der Waals surface area contributed by atoms with Crippen molar-refractivity contribution < 1.29 is 4.79 Å². The van der Waals surface area contributed by atoms with Crippen molar-refractivity contribution in [1.82, 2.24) is 0 Å². The van der Waals surface area contributed by atoms with Crippen molar-refractivity contribution in [2.24, 2.45) is 0 Å². The van der Waals surface area contributed by atoms with E-state index in [0.29, 0.717) is 17.7 Å². The summed E-state index contributed by atoms with van der Waals surface area (Å²) in [6, 6.07) is 15.6. The summed E-state index contributed by atoms with van der Waals surface area (Å²) in [7, 11) is 0. The summed E-state index contributed by atoms with van der Waals surface area (Å²) in [5.74, 6) is 0.0764. The molecular formula is C17H17NO. The highest BCUT2D eigenvalue weighted by Crippen LogP contribution is 2.18. The molecule has 0 radical (unpaired) electrons. The lowest BCUT2D eigenvalue weighted by Gasteiger charge is -2.04. The number of rotatable bonds is 4. The maximum absolute atomic E-state index is 11.8. The molecule has 0 unspecified atom stereocenters. The summed E-state index contributed by atoms with van der Waals surface area (Å²) in [5.41, 5.74) is 9.09. The van der Waals surface area contributed by atoms with Gasteiger partial charge in [-0.3, -0.25) is 4.79 Å². The predicted octanol–water partition coefficient (Wildman–Crippen LogP) is 4.03. The van der Waals surface area contributed by atoms with Crippen LogP contribution in [0.5, 0.6) is 0 Å². The second-order valence-electron chi connectivity index (χ2n) is 4.37. The molecule has 19 heavy (non-hydrogen) atoms. The van der Waals surface area contributed by atoms with Gasteiger partial charge in [0.25, 0.3) is 0 Å². The first-order valence-corrected chi connectivity index (χ1v) is 6.36. The van der Waals surface area contributed by atoms with E-state index in [0.717, 1.165) is 11.1 Å². The van der Waals surface area contributed by atoms with Gasteiger partial charge in [-0.1, -0.05) is 55.5 Å². The van der Waals surface area contributed by atoms with Crippen LogP contribution in [0.25, 0.3) is 12.2 Å². The third-order valence-corrected chi connectivity index (χ3v) is 2.97. The molecule has 0 fully saturated rings. The Morgan fingerprint density at radius 3 is 2.42 bits per heavy atom. The van der Waals surface area contributed by atoms with Crippen LogP contribution in [0, 0.1) is 0 Å². The Morgan fingerprint density at radius 1 is 1.05 bits per heavy atom. The van der Waals surface area contributed by atoms with Gasteiger partial charge in [0.05, 0.1) is 0 Å². The van der Waals surface area contributed by atoms with Crippen LogP contribution in [-0.2, 0) is 0 Å². The fourth-order valence-corrected chi connectivity index (χ4v) is 1.87. The maximum Gasteiger partial charge on any atom is 0.164 e. The lowest BCUT2D eigenvalue weighted by atomic mass is 10.0. The SMILES string of the molecule is CCC(=O)c1cc(C=Cc2ccccc2)ccc1N. The zero-order chi connectivity index (χ0) is 13.7. The molecule has 2 aromatic carbocycles. The normalized spacial score (nSPS) is 10.8. The number of hydrogen-bond acceptors (Lipinski definition) is 2. The second-order valence-corrected chi connectivity index (χ2v) is 4.37. The van der Waals surface area contributed by atoms with E-state index in [4.69, 9.17) is 5.73 Å². The van der Waals surface area contributed by atoms with E-state index in [1.54, 1.807) is 6.07 Å². The summed E-state index contributed by atoms with van der Waals surface area (Å²) in [4.78, 5) is 11.8. The molecule has 96 valence electrons. The van der Waals surface area contributed by atoms with E-state index in [9.17, 15) is 4.79 Å². The Hall–Kier alpha value is -2.35. The van der Waals surface area contributed by atoms with Gasteiger partial charge in [0.2, 0.25) is 0 Å². The molecule has 0 amide bonds. The van der Waals surface area contributed by atoms with Gasteiger partial charge in [0, 0.05) is 17.7 Å². The van der Waals surface area contributed by atoms with Gasteiger partial charge < -0.3 is 5.73 Å². The van der Waals surface area contributed by atoms with E-state index in [1.807, 2.05) is 61.5 Å². The number of nitrogen functional groups attached to an aromatic ring is 1. The highest BCUT2D eigenvalue weighted by atomic mass is 16.1. The average molecular weight is 251 g/mol. The molecule has 2 heteroatoms. The highest BCUT2D eigenvalue weighted by molar-refractivity contribution is 6.01. The highest BCUT2D eigenvalue weighted by Gasteiger charge is 2.07. The van der Waals surface area contributed by atoms with E-state index in [-0.39, 0.29) is 5.78 Å². The van der Waals surface area contributed by atoms with Gasteiger partial charge >= 0.3 is 0 Å². The quantitative estimate of drug-likeness (QED) is 0.506. The van der Waals surface area contributed by atoms with Crippen LogP contribution in [0.15, 0.2) is 48.5 Å². The number of carbonyl (C=O) groups excluding carboxylic acids is 1. The Bertz CT molecular complexity index is 600.